The summed E-state index contributed by atoms with van der Waals surface area (Å²) >= 11 is 0. The van der Waals surface area contributed by atoms with Gasteiger partial charge >= 0.3 is 0 Å². The normalized spacial score (nSPS) is 24.4. The fourth-order valence-electron chi connectivity index (χ4n) is 3.23. The molecule has 0 saturated heterocycles. The van der Waals surface area contributed by atoms with Crippen molar-refractivity contribution in [1.29, 1.82) is 0 Å². The van der Waals surface area contributed by atoms with Gasteiger partial charge in [-0.15, -0.1) is 0 Å². The molecule has 4 nitrogen and oxygen atoms in total. The van der Waals surface area contributed by atoms with E-state index in [0.717, 1.165) is 24.8 Å². The van der Waals surface area contributed by atoms with Crippen LogP contribution in [0.5, 0.6) is 0 Å². The Balaban J connectivity index is 2.25. The van der Waals surface area contributed by atoms with E-state index in [-0.39, 0.29) is 29.1 Å². The summed E-state index contributed by atoms with van der Waals surface area (Å²) in [5, 5.41) is 11.0. The molecule has 1 saturated carbocycles. The van der Waals surface area contributed by atoms with E-state index in [0.29, 0.717) is 12.3 Å². The molecule has 108 valence electrons. The molecular weight excluding hydrogens is 254 g/mol. The number of carbonyl (C=O) groups excluding carboxylic acids is 1. The lowest BCUT2D eigenvalue weighted by atomic mass is 9.71. The molecule has 1 aliphatic rings. The lowest BCUT2D eigenvalue weighted by Crippen LogP contribution is -2.33. The first-order chi connectivity index (χ1) is 9.61. The molecule has 1 aromatic carbocycles. The number of nitro groups is 1. The van der Waals surface area contributed by atoms with Crippen molar-refractivity contribution in [2.45, 2.75) is 38.5 Å². The summed E-state index contributed by atoms with van der Waals surface area (Å²) in [4.78, 5) is 22.9. The highest BCUT2D eigenvalue weighted by atomic mass is 16.6. The van der Waals surface area contributed by atoms with Gasteiger partial charge in [-0.1, -0.05) is 43.7 Å². The second-order valence-electron chi connectivity index (χ2n) is 5.65. The standard InChI is InChI=1S/C16H21NO3/c1-2-12-8-9-16(18)14(10-12)15(11-17(19)20)13-6-4-3-5-7-13/h3-7,12,14-15H,2,8-11H2,1H3/t12-,14-,15-/m1/s1. The van der Waals surface area contributed by atoms with E-state index < -0.39 is 0 Å². The Morgan fingerprint density at radius 2 is 2.05 bits per heavy atom. The Morgan fingerprint density at radius 1 is 1.35 bits per heavy atom. The van der Waals surface area contributed by atoms with Crippen LogP contribution < -0.4 is 0 Å². The quantitative estimate of drug-likeness (QED) is 0.611. The Kier molecular flexibility index (Phi) is 4.88. The van der Waals surface area contributed by atoms with Crippen LogP contribution in [0.4, 0.5) is 0 Å². The summed E-state index contributed by atoms with van der Waals surface area (Å²) < 4.78 is 0. The van der Waals surface area contributed by atoms with Crippen LogP contribution in [-0.2, 0) is 4.79 Å². The molecule has 0 bridgehead atoms. The van der Waals surface area contributed by atoms with Crippen LogP contribution >= 0.6 is 0 Å². The van der Waals surface area contributed by atoms with Crippen molar-refractivity contribution in [3.63, 3.8) is 0 Å². The van der Waals surface area contributed by atoms with Crippen LogP contribution in [-0.4, -0.2) is 17.3 Å². The van der Waals surface area contributed by atoms with E-state index >= 15 is 0 Å². The molecule has 4 heteroatoms. The lowest BCUT2D eigenvalue weighted by Gasteiger charge is -2.31. The maximum atomic E-state index is 12.2. The van der Waals surface area contributed by atoms with Crippen molar-refractivity contribution in [2.24, 2.45) is 11.8 Å². The van der Waals surface area contributed by atoms with Gasteiger partial charge in [0.05, 0.1) is 5.92 Å². The highest BCUT2D eigenvalue weighted by Crippen LogP contribution is 2.37. The van der Waals surface area contributed by atoms with Crippen LogP contribution in [0.2, 0.25) is 0 Å². The summed E-state index contributed by atoms with van der Waals surface area (Å²) in [5.74, 6) is 0.246. The third-order valence-electron chi connectivity index (χ3n) is 4.44. The average Bonchev–Trinajstić information content (AvgIpc) is 2.46. The molecule has 0 N–H and O–H groups in total. The number of carbonyl (C=O) groups is 1. The predicted molar refractivity (Wildman–Crippen MR) is 77.2 cm³/mol. The van der Waals surface area contributed by atoms with Gasteiger partial charge in [0.25, 0.3) is 0 Å². The van der Waals surface area contributed by atoms with Crippen LogP contribution in [0.15, 0.2) is 30.3 Å². The lowest BCUT2D eigenvalue weighted by molar-refractivity contribution is -0.484. The molecule has 0 aliphatic heterocycles. The molecule has 0 radical (unpaired) electrons. The van der Waals surface area contributed by atoms with Gasteiger partial charge in [0, 0.05) is 17.3 Å². The first-order valence-electron chi connectivity index (χ1n) is 7.31. The van der Waals surface area contributed by atoms with Gasteiger partial charge in [0.15, 0.2) is 0 Å². The summed E-state index contributed by atoms with van der Waals surface area (Å²) in [7, 11) is 0. The van der Waals surface area contributed by atoms with Gasteiger partial charge in [-0.25, -0.2) is 0 Å². The van der Waals surface area contributed by atoms with Crippen molar-refractivity contribution in [3.05, 3.63) is 46.0 Å². The van der Waals surface area contributed by atoms with E-state index in [2.05, 4.69) is 6.92 Å². The maximum absolute atomic E-state index is 12.2. The maximum Gasteiger partial charge on any atom is 0.211 e. The Hall–Kier alpha value is -1.71. The van der Waals surface area contributed by atoms with Gasteiger partial charge in [-0.05, 0) is 24.3 Å². The van der Waals surface area contributed by atoms with E-state index in [1.807, 2.05) is 30.3 Å². The molecule has 2 rings (SSSR count). The zero-order chi connectivity index (χ0) is 14.5. The fraction of sp³-hybridized carbons (Fsp3) is 0.562. The highest BCUT2D eigenvalue weighted by Gasteiger charge is 2.37. The SMILES string of the molecule is CC[C@@H]1CCC(=O)[C@@H]([C@H](C[N+](=O)[O-])c2ccccc2)C1. The van der Waals surface area contributed by atoms with Crippen molar-refractivity contribution >= 4 is 5.78 Å². The Morgan fingerprint density at radius 3 is 2.65 bits per heavy atom. The molecule has 1 aliphatic carbocycles. The molecule has 0 unspecified atom stereocenters. The monoisotopic (exact) mass is 275 g/mol. The van der Waals surface area contributed by atoms with Gasteiger partial charge in [-0.3, -0.25) is 14.9 Å². The summed E-state index contributed by atoms with van der Waals surface area (Å²) in [6.45, 7) is 1.97. The fourth-order valence-corrected chi connectivity index (χ4v) is 3.23. The van der Waals surface area contributed by atoms with Crippen molar-refractivity contribution in [1.82, 2.24) is 0 Å². The van der Waals surface area contributed by atoms with Gasteiger partial charge < -0.3 is 0 Å². The number of ketones is 1. The number of rotatable bonds is 5. The van der Waals surface area contributed by atoms with Gasteiger partial charge in [0.2, 0.25) is 6.54 Å². The first-order valence-corrected chi connectivity index (χ1v) is 7.31. The van der Waals surface area contributed by atoms with E-state index in [4.69, 9.17) is 0 Å². The summed E-state index contributed by atoms with van der Waals surface area (Å²) in [6, 6.07) is 9.46. The van der Waals surface area contributed by atoms with Crippen LogP contribution in [0, 0.1) is 22.0 Å². The van der Waals surface area contributed by atoms with Crippen molar-refractivity contribution in [3.8, 4) is 0 Å². The molecule has 1 aromatic rings. The van der Waals surface area contributed by atoms with Crippen LogP contribution in [0.1, 0.15) is 44.1 Å². The Bertz CT molecular complexity index is 472. The molecule has 0 heterocycles. The zero-order valence-electron chi connectivity index (χ0n) is 11.8. The van der Waals surface area contributed by atoms with Crippen LogP contribution in [0.3, 0.4) is 0 Å². The van der Waals surface area contributed by atoms with E-state index in [1.165, 1.54) is 0 Å². The van der Waals surface area contributed by atoms with E-state index in [1.54, 1.807) is 0 Å². The topological polar surface area (TPSA) is 60.2 Å². The number of nitrogens with zero attached hydrogens (tertiary/aromatic N) is 1. The highest BCUT2D eigenvalue weighted by molar-refractivity contribution is 5.82. The Labute approximate surface area is 119 Å². The summed E-state index contributed by atoms with van der Waals surface area (Å²) in [6.07, 6.45) is 3.35. The smallest absolute Gasteiger partial charge is 0.211 e. The van der Waals surface area contributed by atoms with Gasteiger partial charge in [-0.2, -0.15) is 0 Å². The third kappa shape index (κ3) is 3.44. The van der Waals surface area contributed by atoms with Gasteiger partial charge in [0.1, 0.15) is 5.78 Å². The largest absolute Gasteiger partial charge is 0.299 e. The van der Waals surface area contributed by atoms with Crippen molar-refractivity contribution < 1.29 is 9.72 Å². The predicted octanol–water partition coefficient (Wildman–Crippen LogP) is 3.44. The summed E-state index contributed by atoms with van der Waals surface area (Å²) in [5.41, 5.74) is 0.916. The van der Waals surface area contributed by atoms with E-state index in [9.17, 15) is 14.9 Å². The number of hydrogen-bond acceptors (Lipinski definition) is 3. The number of benzene rings is 1. The third-order valence-corrected chi connectivity index (χ3v) is 4.44. The molecular formula is C16H21NO3. The number of Topliss-reactive ketones (excluding diaryl/α,β-unsaturated/α-hetero) is 1. The molecule has 0 aromatic heterocycles. The number of hydrogen-bond donors (Lipinski definition) is 0. The molecule has 20 heavy (non-hydrogen) atoms. The minimum absolute atomic E-state index is 0.156. The second-order valence-corrected chi connectivity index (χ2v) is 5.65. The minimum atomic E-state index is -0.291. The molecule has 3 atom stereocenters. The second kappa shape index (κ2) is 6.64. The molecule has 0 spiro atoms. The minimum Gasteiger partial charge on any atom is -0.299 e. The average molecular weight is 275 g/mol. The molecule has 0 amide bonds. The van der Waals surface area contributed by atoms with Crippen molar-refractivity contribution in [2.75, 3.05) is 6.54 Å². The zero-order valence-corrected chi connectivity index (χ0v) is 11.8. The van der Waals surface area contributed by atoms with Crippen LogP contribution in [0.25, 0.3) is 0 Å². The molecule has 1 fully saturated rings. The first kappa shape index (κ1) is 14.7.